The van der Waals surface area contributed by atoms with Gasteiger partial charge >= 0.3 is 0 Å². The van der Waals surface area contributed by atoms with Gasteiger partial charge in [-0.3, -0.25) is 10.8 Å². The third-order valence-electron chi connectivity index (χ3n) is 2.38. The van der Waals surface area contributed by atoms with E-state index in [1.54, 1.807) is 0 Å². The molecule has 0 bridgehead atoms. The van der Waals surface area contributed by atoms with Gasteiger partial charge in [-0.1, -0.05) is 0 Å². The summed E-state index contributed by atoms with van der Waals surface area (Å²) in [5.74, 6) is 5.28. The zero-order valence-electron chi connectivity index (χ0n) is 10.5. The average molecular weight is 274 g/mol. The fourth-order valence-electron chi connectivity index (χ4n) is 1.33. The van der Waals surface area contributed by atoms with Crippen LogP contribution in [0.5, 0.6) is 0 Å². The molecule has 0 fully saturated rings. The number of sulfonamides is 1. The molecule has 18 heavy (non-hydrogen) atoms. The smallest absolute Gasteiger partial charge is 0.246 e. The summed E-state index contributed by atoms with van der Waals surface area (Å²) in [6, 6.07) is 1.50. The van der Waals surface area contributed by atoms with Crippen LogP contribution in [0, 0.1) is 0 Å². The summed E-state index contributed by atoms with van der Waals surface area (Å²) in [5, 5.41) is 0. The quantitative estimate of drug-likeness (QED) is 0.413. The van der Waals surface area contributed by atoms with Crippen molar-refractivity contribution in [3.8, 4) is 0 Å². The average Bonchev–Trinajstić information content (AvgIpc) is 2.38. The van der Waals surface area contributed by atoms with Gasteiger partial charge in [0, 0.05) is 32.6 Å². The first-order chi connectivity index (χ1) is 8.54. The lowest BCUT2D eigenvalue weighted by Gasteiger charge is -2.18. The normalized spacial score (nSPS) is 11.8. The molecular formula is C10H18N4O3S. The van der Waals surface area contributed by atoms with Crippen LogP contribution in [0.1, 0.15) is 6.92 Å². The highest BCUT2D eigenvalue weighted by atomic mass is 32.2. The fourth-order valence-corrected chi connectivity index (χ4v) is 2.58. The minimum atomic E-state index is -3.61. The molecule has 1 rings (SSSR count). The molecule has 0 spiro atoms. The van der Waals surface area contributed by atoms with Gasteiger partial charge in [-0.15, -0.1) is 0 Å². The Morgan fingerprint density at radius 1 is 1.56 bits per heavy atom. The van der Waals surface area contributed by atoms with Crippen molar-refractivity contribution in [1.29, 1.82) is 0 Å². The molecule has 0 aromatic carbocycles. The molecule has 1 heterocycles. The second-order valence-corrected chi connectivity index (χ2v) is 5.55. The summed E-state index contributed by atoms with van der Waals surface area (Å²) < 4.78 is 30.8. The minimum Gasteiger partial charge on any atom is -0.380 e. The highest BCUT2D eigenvalue weighted by molar-refractivity contribution is 7.89. The predicted molar refractivity (Wildman–Crippen MR) is 68.4 cm³/mol. The molecule has 102 valence electrons. The monoisotopic (exact) mass is 274 g/mol. The van der Waals surface area contributed by atoms with Gasteiger partial charge in [0.15, 0.2) is 0 Å². The number of nitrogen functional groups attached to an aromatic ring is 1. The Balaban J connectivity index is 2.91. The summed E-state index contributed by atoms with van der Waals surface area (Å²) in [6.07, 6.45) is 2.73. The summed E-state index contributed by atoms with van der Waals surface area (Å²) in [7, 11) is -2.13. The summed E-state index contributed by atoms with van der Waals surface area (Å²) >= 11 is 0. The van der Waals surface area contributed by atoms with E-state index in [4.69, 9.17) is 10.6 Å². The molecule has 0 aliphatic heterocycles. The third kappa shape index (κ3) is 3.39. The maximum atomic E-state index is 12.2. The van der Waals surface area contributed by atoms with Gasteiger partial charge in [-0.25, -0.2) is 8.42 Å². The van der Waals surface area contributed by atoms with E-state index in [2.05, 4.69) is 10.4 Å². The van der Waals surface area contributed by atoms with Crippen LogP contribution in [0.3, 0.4) is 0 Å². The first-order valence-electron chi connectivity index (χ1n) is 5.48. The number of nitrogens with two attached hydrogens (primary N) is 1. The minimum absolute atomic E-state index is 0.0477. The first kappa shape index (κ1) is 14.8. The maximum Gasteiger partial charge on any atom is 0.246 e. The van der Waals surface area contributed by atoms with E-state index < -0.39 is 10.0 Å². The lowest BCUT2D eigenvalue weighted by molar-refractivity contribution is 0.138. The van der Waals surface area contributed by atoms with Crippen LogP contribution >= 0.6 is 0 Å². The molecule has 0 atom stereocenters. The number of nitrogens with zero attached hydrogens (tertiary/aromatic N) is 2. The van der Waals surface area contributed by atoms with Crippen molar-refractivity contribution in [2.75, 3.05) is 32.2 Å². The number of pyridine rings is 1. The Morgan fingerprint density at radius 2 is 2.28 bits per heavy atom. The van der Waals surface area contributed by atoms with E-state index in [0.717, 1.165) is 0 Å². The van der Waals surface area contributed by atoms with Crippen molar-refractivity contribution in [1.82, 2.24) is 9.29 Å². The predicted octanol–water partition coefficient (Wildman–Crippen LogP) is 0.0242. The second-order valence-electron chi connectivity index (χ2n) is 3.54. The maximum absolute atomic E-state index is 12.2. The number of hydrogen-bond acceptors (Lipinski definition) is 6. The largest absolute Gasteiger partial charge is 0.380 e. The molecule has 0 unspecified atom stereocenters. The van der Waals surface area contributed by atoms with Crippen LogP contribution in [0.25, 0.3) is 0 Å². The first-order valence-corrected chi connectivity index (χ1v) is 6.92. The van der Waals surface area contributed by atoms with Crippen LogP contribution in [-0.2, 0) is 14.8 Å². The van der Waals surface area contributed by atoms with Crippen LogP contribution in [-0.4, -0.2) is 44.5 Å². The number of ether oxygens (including phenoxy) is 1. The Morgan fingerprint density at radius 3 is 2.89 bits per heavy atom. The van der Waals surface area contributed by atoms with Gasteiger partial charge < -0.3 is 10.2 Å². The molecule has 7 nitrogen and oxygen atoms in total. The van der Waals surface area contributed by atoms with Crippen LogP contribution in [0.15, 0.2) is 23.4 Å². The molecule has 0 amide bonds. The number of rotatable bonds is 7. The fraction of sp³-hybridized carbons (Fsp3) is 0.500. The zero-order chi connectivity index (χ0) is 13.6. The molecule has 3 N–H and O–H groups in total. The van der Waals surface area contributed by atoms with Crippen LogP contribution < -0.4 is 11.3 Å². The second kappa shape index (κ2) is 6.64. The van der Waals surface area contributed by atoms with Crippen molar-refractivity contribution < 1.29 is 13.2 Å². The molecule has 0 saturated heterocycles. The van der Waals surface area contributed by atoms with E-state index in [1.165, 1.54) is 29.8 Å². The lowest BCUT2D eigenvalue weighted by Crippen LogP contribution is -2.31. The number of nitrogens with one attached hydrogen (secondary N) is 1. The van der Waals surface area contributed by atoms with Crippen molar-refractivity contribution in [2.45, 2.75) is 11.8 Å². The SMILES string of the molecule is CCOCCN(C)S(=O)(=O)c1cnccc1NN. The Labute approximate surface area is 107 Å². The number of aromatic nitrogens is 1. The molecule has 0 aliphatic rings. The van der Waals surface area contributed by atoms with E-state index >= 15 is 0 Å². The molecule has 8 heteroatoms. The van der Waals surface area contributed by atoms with Crippen molar-refractivity contribution in [3.05, 3.63) is 18.5 Å². The Hall–Kier alpha value is -1.22. The number of hydrazine groups is 1. The number of anilines is 1. The van der Waals surface area contributed by atoms with Gasteiger partial charge in [0.2, 0.25) is 10.0 Å². The summed E-state index contributed by atoms with van der Waals surface area (Å²) in [5.41, 5.74) is 2.66. The van der Waals surface area contributed by atoms with E-state index in [1.807, 2.05) is 6.92 Å². The Bertz CT molecular complexity index is 478. The molecule has 0 radical (unpaired) electrons. The number of hydrogen-bond donors (Lipinski definition) is 2. The van der Waals surface area contributed by atoms with Gasteiger partial charge in [0.1, 0.15) is 4.90 Å². The highest BCUT2D eigenvalue weighted by Gasteiger charge is 2.23. The molecule has 0 aliphatic carbocycles. The van der Waals surface area contributed by atoms with Gasteiger partial charge in [0.05, 0.1) is 12.3 Å². The molecule has 0 saturated carbocycles. The van der Waals surface area contributed by atoms with Crippen molar-refractivity contribution in [2.24, 2.45) is 5.84 Å². The van der Waals surface area contributed by atoms with E-state index in [9.17, 15) is 8.42 Å². The van der Waals surface area contributed by atoms with Gasteiger partial charge in [-0.05, 0) is 13.0 Å². The summed E-state index contributed by atoms with van der Waals surface area (Å²) in [6.45, 7) is 3.02. The summed E-state index contributed by atoms with van der Waals surface area (Å²) in [4.78, 5) is 3.85. The van der Waals surface area contributed by atoms with E-state index in [0.29, 0.717) is 18.9 Å². The topological polar surface area (TPSA) is 97.5 Å². The van der Waals surface area contributed by atoms with Crippen LogP contribution in [0.4, 0.5) is 5.69 Å². The Kier molecular flexibility index (Phi) is 5.48. The zero-order valence-corrected chi connectivity index (χ0v) is 11.3. The highest BCUT2D eigenvalue weighted by Crippen LogP contribution is 2.21. The van der Waals surface area contributed by atoms with Crippen molar-refractivity contribution in [3.63, 3.8) is 0 Å². The lowest BCUT2D eigenvalue weighted by atomic mass is 10.4. The molecule has 1 aromatic rings. The van der Waals surface area contributed by atoms with Crippen LogP contribution in [0.2, 0.25) is 0 Å². The number of likely N-dealkylation sites (N-methyl/N-ethyl adjacent to an activating group) is 1. The van der Waals surface area contributed by atoms with Gasteiger partial charge in [0.25, 0.3) is 0 Å². The van der Waals surface area contributed by atoms with E-state index in [-0.39, 0.29) is 11.4 Å². The van der Waals surface area contributed by atoms with Crippen molar-refractivity contribution >= 4 is 15.7 Å². The third-order valence-corrected chi connectivity index (χ3v) is 4.27. The molecular weight excluding hydrogens is 256 g/mol. The van der Waals surface area contributed by atoms with Gasteiger partial charge in [-0.2, -0.15) is 4.31 Å². The standard InChI is InChI=1S/C10H18N4O3S/c1-3-17-7-6-14(2)18(15,16)10-8-12-5-4-9(10)13-11/h4-5,8H,3,6-7,11H2,1-2H3,(H,12,13). The molecule has 1 aromatic heterocycles.